The van der Waals surface area contributed by atoms with Gasteiger partial charge in [0.2, 0.25) is 5.75 Å². The number of benzene rings is 2. The largest absolute Gasteiger partial charge is 0.493 e. The third kappa shape index (κ3) is 3.67. The summed E-state index contributed by atoms with van der Waals surface area (Å²) in [6, 6.07) is 9.92. The lowest BCUT2D eigenvalue weighted by Crippen LogP contribution is -2.28. The maximum Gasteiger partial charge on any atom is 0.313 e. The minimum Gasteiger partial charge on any atom is -0.493 e. The molecule has 0 unspecified atom stereocenters. The van der Waals surface area contributed by atoms with Crippen LogP contribution in [-0.2, 0) is 10.2 Å². The molecule has 0 aliphatic carbocycles. The number of ether oxygens (including phenoxy) is 3. The predicted molar refractivity (Wildman–Crippen MR) is 99.0 cm³/mol. The average Bonchev–Trinajstić information content (AvgIpc) is 2.67. The second-order valence-corrected chi connectivity index (χ2v) is 6.66. The van der Waals surface area contributed by atoms with Crippen molar-refractivity contribution >= 4 is 17.6 Å². The van der Waals surface area contributed by atoms with E-state index in [1.165, 1.54) is 7.11 Å². The van der Waals surface area contributed by atoms with Crippen LogP contribution < -0.4 is 19.5 Å². The van der Waals surface area contributed by atoms with Crippen LogP contribution in [0.1, 0.15) is 29.8 Å². The van der Waals surface area contributed by atoms with Gasteiger partial charge >= 0.3 is 5.97 Å². The fourth-order valence-corrected chi connectivity index (χ4v) is 2.70. The van der Waals surface area contributed by atoms with Gasteiger partial charge in [-0.2, -0.15) is 0 Å². The zero-order valence-electron chi connectivity index (χ0n) is 15.4. The van der Waals surface area contributed by atoms with E-state index < -0.39 is 11.4 Å². The van der Waals surface area contributed by atoms with Crippen LogP contribution in [0.4, 0.5) is 5.69 Å². The Bertz CT molecular complexity index is 856. The highest BCUT2D eigenvalue weighted by atomic mass is 16.6. The van der Waals surface area contributed by atoms with E-state index in [-0.39, 0.29) is 5.91 Å². The number of anilines is 1. The van der Waals surface area contributed by atoms with Crippen molar-refractivity contribution in [1.29, 1.82) is 0 Å². The van der Waals surface area contributed by atoms with E-state index in [2.05, 4.69) is 5.32 Å². The van der Waals surface area contributed by atoms with Gasteiger partial charge in [-0.3, -0.25) is 9.59 Å². The smallest absolute Gasteiger partial charge is 0.313 e. The Morgan fingerprint density at radius 2 is 1.78 bits per heavy atom. The van der Waals surface area contributed by atoms with Crippen molar-refractivity contribution in [3.05, 3.63) is 47.5 Å². The van der Waals surface area contributed by atoms with Crippen molar-refractivity contribution in [3.8, 4) is 17.2 Å². The Morgan fingerprint density at radius 3 is 2.41 bits per heavy atom. The Kier molecular flexibility index (Phi) is 4.94. The molecule has 2 N–H and O–H groups in total. The van der Waals surface area contributed by atoms with Crippen molar-refractivity contribution in [1.82, 2.24) is 0 Å². The van der Waals surface area contributed by atoms with Gasteiger partial charge in [-0.05, 0) is 43.7 Å². The van der Waals surface area contributed by atoms with E-state index in [1.54, 1.807) is 50.2 Å². The van der Waals surface area contributed by atoms with Gasteiger partial charge in [-0.15, -0.1) is 0 Å². The average molecular weight is 371 g/mol. The summed E-state index contributed by atoms with van der Waals surface area (Å²) >= 11 is 0. The SMILES string of the molecule is COc1cc(C(=O)Nc2ccc(C(C)(C)C(=O)O)cc2)cc2c1OCCO2. The van der Waals surface area contributed by atoms with Crippen LogP contribution in [0.5, 0.6) is 17.2 Å². The number of aliphatic carboxylic acids is 1. The number of carboxylic acids is 1. The fraction of sp³-hybridized carbons (Fsp3) is 0.300. The van der Waals surface area contributed by atoms with Crippen LogP contribution in [0.15, 0.2) is 36.4 Å². The van der Waals surface area contributed by atoms with Gasteiger partial charge in [0, 0.05) is 11.3 Å². The first-order valence-corrected chi connectivity index (χ1v) is 8.46. The first-order valence-electron chi connectivity index (χ1n) is 8.46. The van der Waals surface area contributed by atoms with Crippen LogP contribution in [0.3, 0.4) is 0 Å². The number of amides is 1. The van der Waals surface area contributed by atoms with E-state index in [9.17, 15) is 14.7 Å². The van der Waals surface area contributed by atoms with E-state index in [0.29, 0.717) is 47.3 Å². The molecule has 142 valence electrons. The quantitative estimate of drug-likeness (QED) is 0.839. The minimum absolute atomic E-state index is 0.337. The van der Waals surface area contributed by atoms with Gasteiger partial charge in [0.1, 0.15) is 13.2 Å². The van der Waals surface area contributed by atoms with Crippen molar-refractivity contribution in [2.24, 2.45) is 0 Å². The minimum atomic E-state index is -1.01. The number of nitrogens with one attached hydrogen (secondary N) is 1. The predicted octanol–water partition coefficient (Wildman–Crippen LogP) is 3.08. The molecule has 3 rings (SSSR count). The molecular weight excluding hydrogens is 350 g/mol. The molecule has 0 saturated heterocycles. The number of fused-ring (bicyclic) bond motifs is 1. The zero-order chi connectivity index (χ0) is 19.6. The highest BCUT2D eigenvalue weighted by Crippen LogP contribution is 2.40. The Morgan fingerprint density at radius 1 is 1.11 bits per heavy atom. The Hall–Kier alpha value is -3.22. The fourth-order valence-electron chi connectivity index (χ4n) is 2.70. The van der Waals surface area contributed by atoms with E-state index in [4.69, 9.17) is 14.2 Å². The van der Waals surface area contributed by atoms with Crippen LogP contribution in [0.2, 0.25) is 0 Å². The maximum atomic E-state index is 12.6. The molecule has 0 fully saturated rings. The van der Waals surface area contributed by atoms with Crippen LogP contribution in [0, 0.1) is 0 Å². The number of hydrogen-bond acceptors (Lipinski definition) is 5. The standard InChI is InChI=1S/C20H21NO6/c1-20(2,19(23)24)13-4-6-14(7-5-13)21-18(22)12-10-15(25-3)17-16(11-12)26-8-9-27-17/h4-7,10-11H,8-9H2,1-3H3,(H,21,22)(H,23,24). The van der Waals surface area contributed by atoms with Crippen molar-refractivity contribution in [3.63, 3.8) is 0 Å². The molecule has 0 bridgehead atoms. The molecule has 1 amide bonds. The second kappa shape index (κ2) is 7.19. The van der Waals surface area contributed by atoms with E-state index in [0.717, 1.165) is 0 Å². The van der Waals surface area contributed by atoms with Crippen LogP contribution in [0.25, 0.3) is 0 Å². The van der Waals surface area contributed by atoms with Gasteiger partial charge < -0.3 is 24.6 Å². The summed E-state index contributed by atoms with van der Waals surface area (Å²) in [5.41, 5.74) is 0.560. The summed E-state index contributed by atoms with van der Waals surface area (Å²) in [5, 5.41) is 12.1. The first kappa shape index (κ1) is 18.6. The van der Waals surface area contributed by atoms with Gasteiger partial charge in [0.25, 0.3) is 5.91 Å². The molecule has 2 aromatic carbocycles. The normalized spacial score (nSPS) is 13.0. The Labute approximate surface area is 156 Å². The lowest BCUT2D eigenvalue weighted by Gasteiger charge is -2.21. The molecule has 7 nitrogen and oxygen atoms in total. The third-order valence-electron chi connectivity index (χ3n) is 4.49. The lowest BCUT2D eigenvalue weighted by molar-refractivity contribution is -0.142. The summed E-state index contributed by atoms with van der Waals surface area (Å²) in [7, 11) is 1.50. The van der Waals surface area contributed by atoms with Crippen molar-refractivity contribution < 1.29 is 28.9 Å². The number of rotatable bonds is 5. The first-order chi connectivity index (χ1) is 12.8. The van der Waals surface area contributed by atoms with Crippen LogP contribution >= 0.6 is 0 Å². The molecule has 27 heavy (non-hydrogen) atoms. The molecule has 0 atom stereocenters. The van der Waals surface area contributed by atoms with Gasteiger partial charge in [0.15, 0.2) is 11.5 Å². The van der Waals surface area contributed by atoms with Crippen molar-refractivity contribution in [2.45, 2.75) is 19.3 Å². The Balaban J connectivity index is 1.81. The molecule has 2 aromatic rings. The summed E-state index contributed by atoms with van der Waals surface area (Å²) in [4.78, 5) is 23.9. The van der Waals surface area contributed by atoms with Gasteiger partial charge in [-0.25, -0.2) is 0 Å². The topological polar surface area (TPSA) is 94.1 Å². The highest BCUT2D eigenvalue weighted by molar-refractivity contribution is 6.05. The van der Waals surface area contributed by atoms with Gasteiger partial charge in [0.05, 0.1) is 12.5 Å². The molecule has 0 radical (unpaired) electrons. The molecule has 0 saturated carbocycles. The summed E-state index contributed by atoms with van der Waals surface area (Å²) in [6.07, 6.45) is 0. The molecule has 1 heterocycles. The molecule has 7 heteroatoms. The summed E-state index contributed by atoms with van der Waals surface area (Å²) in [5.74, 6) is 0.124. The lowest BCUT2D eigenvalue weighted by atomic mass is 9.85. The van der Waals surface area contributed by atoms with Crippen LogP contribution in [-0.4, -0.2) is 37.3 Å². The molecule has 1 aliphatic rings. The molecule has 0 aromatic heterocycles. The third-order valence-corrected chi connectivity index (χ3v) is 4.49. The monoisotopic (exact) mass is 371 g/mol. The molecule has 0 spiro atoms. The maximum absolute atomic E-state index is 12.6. The van der Waals surface area contributed by atoms with E-state index in [1.807, 2.05) is 0 Å². The molecular formula is C20H21NO6. The highest BCUT2D eigenvalue weighted by Gasteiger charge is 2.29. The number of carbonyl (C=O) groups is 2. The van der Waals surface area contributed by atoms with Crippen molar-refractivity contribution in [2.75, 3.05) is 25.6 Å². The number of carboxylic acid groups (broad SMARTS) is 1. The van der Waals surface area contributed by atoms with E-state index >= 15 is 0 Å². The zero-order valence-corrected chi connectivity index (χ0v) is 15.4. The number of hydrogen-bond donors (Lipinski definition) is 2. The molecule has 1 aliphatic heterocycles. The second-order valence-electron chi connectivity index (χ2n) is 6.66. The number of methoxy groups -OCH3 is 1. The summed E-state index contributed by atoms with van der Waals surface area (Å²) in [6.45, 7) is 4.09. The number of carbonyl (C=O) groups excluding carboxylic acids is 1. The van der Waals surface area contributed by atoms with Gasteiger partial charge in [-0.1, -0.05) is 12.1 Å². The summed E-state index contributed by atoms with van der Waals surface area (Å²) < 4.78 is 16.4.